The highest BCUT2D eigenvalue weighted by molar-refractivity contribution is 5.79. The molecule has 0 aromatic rings. The molecule has 172 valence electrons. The summed E-state index contributed by atoms with van der Waals surface area (Å²) in [5.74, 6) is 0.183. The van der Waals surface area contributed by atoms with E-state index in [0.29, 0.717) is 12.6 Å². The summed E-state index contributed by atoms with van der Waals surface area (Å²) in [6.07, 6.45) is 9.20. The van der Waals surface area contributed by atoms with Crippen LogP contribution in [0.25, 0.3) is 0 Å². The van der Waals surface area contributed by atoms with Gasteiger partial charge < -0.3 is 21.1 Å². The highest BCUT2D eigenvalue weighted by atomic mass is 16.3. The number of aliphatic hydroxyl groups is 1. The summed E-state index contributed by atoms with van der Waals surface area (Å²) >= 11 is 0. The number of urea groups is 1. The molecular weight excluding hydrogens is 378 g/mol. The fraction of sp³-hybridized carbons (Fsp3) is 0.917. The maximum Gasteiger partial charge on any atom is 0.315 e. The molecule has 3 amide bonds. The molecule has 0 aromatic carbocycles. The number of carbonyl (C=O) groups excluding carboxylic acids is 2. The minimum atomic E-state index is -0.510. The Labute approximate surface area is 182 Å². The monoisotopic (exact) mass is 421 g/mol. The second kappa shape index (κ2) is 9.88. The highest BCUT2D eigenvalue weighted by Crippen LogP contribution is 2.55. The van der Waals surface area contributed by atoms with Gasteiger partial charge in [-0.15, -0.1) is 0 Å². The first-order chi connectivity index (χ1) is 14.3. The second-order valence-corrected chi connectivity index (χ2v) is 10.5. The van der Waals surface area contributed by atoms with Crippen LogP contribution in [0.1, 0.15) is 85.5 Å². The fourth-order valence-electron chi connectivity index (χ4n) is 6.65. The van der Waals surface area contributed by atoms with Crippen LogP contribution in [0.4, 0.5) is 4.79 Å². The summed E-state index contributed by atoms with van der Waals surface area (Å²) in [7, 11) is 0. The van der Waals surface area contributed by atoms with Crippen molar-refractivity contribution < 1.29 is 14.7 Å². The Morgan fingerprint density at radius 2 is 1.73 bits per heavy atom. The van der Waals surface area contributed by atoms with E-state index in [9.17, 15) is 14.7 Å². The predicted molar refractivity (Wildman–Crippen MR) is 119 cm³/mol. The van der Waals surface area contributed by atoms with Gasteiger partial charge in [-0.3, -0.25) is 4.79 Å². The second-order valence-electron chi connectivity index (χ2n) is 10.5. The molecule has 0 aromatic heterocycles. The number of nitrogens with one attached hydrogen (secondary N) is 3. The first-order valence-electron chi connectivity index (χ1n) is 12.3. The van der Waals surface area contributed by atoms with Gasteiger partial charge in [-0.2, -0.15) is 0 Å². The van der Waals surface area contributed by atoms with E-state index in [2.05, 4.69) is 29.8 Å². The Kier molecular flexibility index (Phi) is 7.70. The van der Waals surface area contributed by atoms with Crippen molar-refractivity contribution in [3.05, 3.63) is 0 Å². The van der Waals surface area contributed by atoms with Crippen molar-refractivity contribution >= 4 is 11.9 Å². The van der Waals surface area contributed by atoms with Crippen molar-refractivity contribution in [3.63, 3.8) is 0 Å². The average Bonchev–Trinajstić information content (AvgIpc) is 2.71. The molecule has 0 saturated heterocycles. The van der Waals surface area contributed by atoms with Crippen LogP contribution in [0.15, 0.2) is 0 Å². The molecule has 0 bridgehead atoms. The third kappa shape index (κ3) is 4.95. The van der Waals surface area contributed by atoms with Crippen LogP contribution in [0.2, 0.25) is 0 Å². The lowest BCUT2D eigenvalue weighted by molar-refractivity contribution is -0.142. The third-order valence-electron chi connectivity index (χ3n) is 8.55. The van der Waals surface area contributed by atoms with Gasteiger partial charge in [0, 0.05) is 24.5 Å². The van der Waals surface area contributed by atoms with Gasteiger partial charge in [0.25, 0.3) is 0 Å². The number of hydrogen-bond acceptors (Lipinski definition) is 3. The van der Waals surface area contributed by atoms with Crippen molar-refractivity contribution in [2.45, 2.75) is 104 Å². The van der Waals surface area contributed by atoms with E-state index in [1.807, 2.05) is 13.8 Å². The molecule has 7 unspecified atom stereocenters. The van der Waals surface area contributed by atoms with Crippen LogP contribution in [-0.4, -0.2) is 41.8 Å². The summed E-state index contributed by atoms with van der Waals surface area (Å²) in [4.78, 5) is 25.1. The van der Waals surface area contributed by atoms with Gasteiger partial charge in [-0.05, 0) is 68.6 Å². The molecule has 0 radical (unpaired) electrons. The molecule has 6 heteroatoms. The Bertz CT molecular complexity index is 607. The molecule has 3 saturated carbocycles. The number of rotatable bonds is 5. The molecule has 3 aliphatic rings. The highest BCUT2D eigenvalue weighted by Gasteiger charge is 2.53. The van der Waals surface area contributed by atoms with Gasteiger partial charge in [-0.1, -0.05) is 40.0 Å². The summed E-state index contributed by atoms with van der Waals surface area (Å²) in [6.45, 7) is 8.97. The van der Waals surface area contributed by atoms with E-state index in [4.69, 9.17) is 0 Å². The number of carbonyl (C=O) groups is 2. The molecule has 6 nitrogen and oxygen atoms in total. The number of fused-ring (bicyclic) bond motifs is 1. The normalized spacial score (nSPS) is 38.2. The zero-order chi connectivity index (χ0) is 21.9. The van der Waals surface area contributed by atoms with E-state index in [1.165, 1.54) is 19.3 Å². The molecule has 3 fully saturated rings. The topological polar surface area (TPSA) is 90.5 Å². The summed E-state index contributed by atoms with van der Waals surface area (Å²) in [6, 6.07) is 0.244. The number of amides is 3. The molecule has 0 aliphatic heterocycles. The lowest BCUT2D eigenvalue weighted by atomic mass is 9.51. The van der Waals surface area contributed by atoms with E-state index >= 15 is 0 Å². The van der Waals surface area contributed by atoms with E-state index in [1.54, 1.807) is 0 Å². The minimum absolute atomic E-state index is 0.0164. The van der Waals surface area contributed by atoms with Crippen LogP contribution in [0.3, 0.4) is 0 Å². The van der Waals surface area contributed by atoms with Crippen molar-refractivity contribution in [1.82, 2.24) is 16.0 Å². The first-order valence-corrected chi connectivity index (χ1v) is 12.3. The van der Waals surface area contributed by atoms with Crippen LogP contribution in [0, 0.1) is 29.1 Å². The predicted octanol–water partition coefficient (Wildman–Crippen LogP) is 3.58. The van der Waals surface area contributed by atoms with Crippen LogP contribution in [0.5, 0.6) is 0 Å². The molecule has 30 heavy (non-hydrogen) atoms. The van der Waals surface area contributed by atoms with Crippen LogP contribution < -0.4 is 16.0 Å². The third-order valence-corrected chi connectivity index (χ3v) is 8.55. The van der Waals surface area contributed by atoms with Gasteiger partial charge in [0.05, 0.1) is 6.10 Å². The molecule has 3 rings (SSSR count). The lowest BCUT2D eigenvalue weighted by Gasteiger charge is -2.56. The van der Waals surface area contributed by atoms with Crippen LogP contribution in [-0.2, 0) is 4.79 Å². The van der Waals surface area contributed by atoms with Gasteiger partial charge in [0.15, 0.2) is 0 Å². The van der Waals surface area contributed by atoms with Crippen molar-refractivity contribution in [2.75, 3.05) is 6.54 Å². The zero-order valence-corrected chi connectivity index (χ0v) is 19.4. The Hall–Kier alpha value is -1.30. The van der Waals surface area contributed by atoms with Gasteiger partial charge in [0.1, 0.15) is 0 Å². The number of aliphatic hydroxyl groups excluding tert-OH is 1. The van der Waals surface area contributed by atoms with Crippen molar-refractivity contribution in [1.29, 1.82) is 0 Å². The molecular formula is C24H43N3O3. The molecule has 0 heterocycles. The lowest BCUT2D eigenvalue weighted by Crippen LogP contribution is -2.59. The molecule has 4 N–H and O–H groups in total. The van der Waals surface area contributed by atoms with E-state index in [-0.39, 0.29) is 47.1 Å². The Morgan fingerprint density at radius 3 is 2.40 bits per heavy atom. The fourth-order valence-corrected chi connectivity index (χ4v) is 6.65. The van der Waals surface area contributed by atoms with Crippen LogP contribution >= 0.6 is 0 Å². The van der Waals surface area contributed by atoms with Gasteiger partial charge in [0.2, 0.25) is 5.91 Å². The summed E-state index contributed by atoms with van der Waals surface area (Å²) in [5, 5.41) is 20.7. The molecule has 3 aliphatic carbocycles. The maximum atomic E-state index is 13.0. The number of hydrogen-bond donors (Lipinski definition) is 4. The van der Waals surface area contributed by atoms with Gasteiger partial charge in [-0.25, -0.2) is 4.79 Å². The Morgan fingerprint density at radius 1 is 1.07 bits per heavy atom. The average molecular weight is 422 g/mol. The smallest absolute Gasteiger partial charge is 0.315 e. The standard InChI is InChI=1S/C24H43N3O3/c1-5-25-23(30)27-19-12-14-24(4)13-11-18(21(28)20(24)16(19)3)15(2)22(29)26-17-9-7-6-8-10-17/h15-21,28H,5-14H2,1-4H3,(H,26,29)(H2,25,27,30). The van der Waals surface area contributed by atoms with Crippen molar-refractivity contribution in [2.24, 2.45) is 29.1 Å². The summed E-state index contributed by atoms with van der Waals surface area (Å²) in [5.41, 5.74) is 0.0777. The Balaban J connectivity index is 1.66. The largest absolute Gasteiger partial charge is 0.392 e. The molecule has 7 atom stereocenters. The minimum Gasteiger partial charge on any atom is -0.392 e. The zero-order valence-electron chi connectivity index (χ0n) is 19.4. The van der Waals surface area contributed by atoms with Crippen molar-refractivity contribution in [3.8, 4) is 0 Å². The summed E-state index contributed by atoms with van der Waals surface area (Å²) < 4.78 is 0. The first kappa shape index (κ1) is 23.4. The van der Waals surface area contributed by atoms with E-state index < -0.39 is 6.10 Å². The molecule has 0 spiro atoms. The SMILES string of the molecule is CCNC(=O)NC1CCC2(C)CCC(C(C)C(=O)NC3CCCCC3)C(O)C2C1C. The maximum absolute atomic E-state index is 13.0. The quantitative estimate of drug-likeness (QED) is 0.547. The van der Waals surface area contributed by atoms with E-state index in [0.717, 1.165) is 38.5 Å². The van der Waals surface area contributed by atoms with Gasteiger partial charge >= 0.3 is 6.03 Å².